The molecule has 0 aromatic carbocycles. The molecule has 0 amide bonds. The van der Waals surface area contributed by atoms with Gasteiger partial charge in [0.15, 0.2) is 0 Å². The summed E-state index contributed by atoms with van der Waals surface area (Å²) >= 11 is 0. The molecule has 10 heteroatoms. The summed E-state index contributed by atoms with van der Waals surface area (Å²) in [6.45, 7) is 11.8. The predicted molar refractivity (Wildman–Crippen MR) is 93.6 cm³/mol. The molecule has 0 rings (SSSR count). The molecule has 0 unspecified atom stereocenters. The first-order valence-electron chi connectivity index (χ1n) is 8.04. The van der Waals surface area contributed by atoms with Crippen LogP contribution in [0.3, 0.4) is 0 Å². The monoisotopic (exact) mass is 392 g/mol. The minimum atomic E-state index is -3.52. The number of hydrogen-bond acceptors (Lipinski definition) is 8. The fraction of sp³-hybridized carbons (Fsp3) is 0.733. The van der Waals surface area contributed by atoms with E-state index in [0.717, 1.165) is 0 Å². The highest BCUT2D eigenvalue weighted by atomic mass is 28.4. The van der Waals surface area contributed by atoms with Crippen molar-refractivity contribution in [3.05, 3.63) is 0 Å². The lowest BCUT2D eigenvalue weighted by Gasteiger charge is -2.39. The molecule has 0 aliphatic heterocycles. The smallest absolute Gasteiger partial charge is 0.471 e. The average molecular weight is 393 g/mol. The molecule has 144 valence electrons. The molecule has 0 N–H and O–H groups in total. The molecule has 0 saturated heterocycles. The van der Waals surface area contributed by atoms with E-state index < -0.39 is 41.0 Å². The molecule has 0 radical (unpaired) electrons. The van der Waals surface area contributed by atoms with Gasteiger partial charge in [-0.05, 0) is 0 Å². The van der Waals surface area contributed by atoms with E-state index in [9.17, 15) is 19.2 Å². The van der Waals surface area contributed by atoms with Gasteiger partial charge in [0, 0.05) is 38.8 Å². The van der Waals surface area contributed by atoms with Gasteiger partial charge in [-0.3, -0.25) is 19.2 Å². The Balaban J connectivity index is 6.24. The lowest BCUT2D eigenvalue weighted by molar-refractivity contribution is -0.139. The maximum absolute atomic E-state index is 11.7. The second-order valence-corrected chi connectivity index (χ2v) is 14.3. The van der Waals surface area contributed by atoms with Crippen LogP contribution in [0.15, 0.2) is 0 Å². The van der Waals surface area contributed by atoms with Crippen molar-refractivity contribution in [2.24, 2.45) is 0 Å². The Hall–Kier alpha value is -1.69. The van der Waals surface area contributed by atoms with Crippen LogP contribution < -0.4 is 0 Å². The van der Waals surface area contributed by atoms with Gasteiger partial charge in [0.05, 0.1) is 5.67 Å². The van der Waals surface area contributed by atoms with Crippen LogP contribution in [0.4, 0.5) is 0 Å². The van der Waals surface area contributed by atoms with Crippen molar-refractivity contribution in [3.63, 3.8) is 0 Å². The first-order chi connectivity index (χ1) is 11.3. The SMILES string of the molecule is CC(=O)O[Si](C[Si](OC(C)=O)(OC(C)=O)C(C)C)(OC(C)=O)C(C)C. The van der Waals surface area contributed by atoms with Crippen molar-refractivity contribution < 1.29 is 36.9 Å². The highest BCUT2D eigenvalue weighted by Crippen LogP contribution is 2.38. The lowest BCUT2D eigenvalue weighted by Crippen LogP contribution is -2.59. The molecule has 0 aliphatic rings. The highest BCUT2D eigenvalue weighted by molar-refractivity contribution is 6.89. The van der Waals surface area contributed by atoms with E-state index in [2.05, 4.69) is 0 Å². The Labute approximate surface area is 150 Å². The predicted octanol–water partition coefficient (Wildman–Crippen LogP) is 2.48. The first-order valence-corrected chi connectivity index (χ1v) is 12.2. The van der Waals surface area contributed by atoms with E-state index in [4.69, 9.17) is 17.7 Å². The molecule has 0 saturated carbocycles. The van der Waals surface area contributed by atoms with E-state index in [-0.39, 0.29) is 16.7 Å². The van der Waals surface area contributed by atoms with Crippen molar-refractivity contribution in [2.75, 3.05) is 0 Å². The molecule has 8 nitrogen and oxygen atoms in total. The molecule has 0 atom stereocenters. The van der Waals surface area contributed by atoms with Crippen molar-refractivity contribution in [1.29, 1.82) is 0 Å². The van der Waals surface area contributed by atoms with Gasteiger partial charge < -0.3 is 17.7 Å². The Morgan fingerprint density at radius 3 is 0.920 bits per heavy atom. The molecule has 0 aromatic heterocycles. The zero-order chi connectivity index (χ0) is 20.0. The molecule has 0 heterocycles. The first kappa shape index (κ1) is 23.3. The Morgan fingerprint density at radius 2 is 0.800 bits per heavy atom. The van der Waals surface area contributed by atoms with E-state index in [1.165, 1.54) is 27.7 Å². The second kappa shape index (κ2) is 9.13. The minimum absolute atomic E-state index is 0.0757. The molecule has 0 bridgehead atoms. The fourth-order valence-electron chi connectivity index (χ4n) is 2.38. The maximum atomic E-state index is 11.7. The standard InChI is InChI=1S/C15H28O8Si2/c1-10(2)24(20-12(5)16,21-13(6)17)9-25(11(3)4,22-14(7)18)23-15(8)19/h10-11H,9H2,1-8H3. The summed E-state index contributed by atoms with van der Waals surface area (Å²) in [7, 11) is -7.05. The summed E-state index contributed by atoms with van der Waals surface area (Å²) in [5.74, 6) is -2.45. The quantitative estimate of drug-likeness (QED) is 0.580. The molecular formula is C15H28O8Si2. The fourth-order valence-corrected chi connectivity index (χ4v) is 12.5. The van der Waals surface area contributed by atoms with Gasteiger partial charge in [0.25, 0.3) is 23.9 Å². The van der Waals surface area contributed by atoms with Crippen LogP contribution in [-0.2, 0) is 36.9 Å². The van der Waals surface area contributed by atoms with Crippen LogP contribution in [0.1, 0.15) is 55.4 Å². The van der Waals surface area contributed by atoms with Crippen molar-refractivity contribution in [3.8, 4) is 0 Å². The van der Waals surface area contributed by atoms with Gasteiger partial charge in [-0.1, -0.05) is 27.7 Å². The normalized spacial score (nSPS) is 11.9. The van der Waals surface area contributed by atoms with Crippen LogP contribution in [-0.4, -0.2) is 41.0 Å². The van der Waals surface area contributed by atoms with E-state index >= 15 is 0 Å². The van der Waals surface area contributed by atoms with Crippen LogP contribution in [0.25, 0.3) is 0 Å². The van der Waals surface area contributed by atoms with E-state index in [1.807, 2.05) is 0 Å². The van der Waals surface area contributed by atoms with Crippen molar-refractivity contribution in [1.82, 2.24) is 0 Å². The zero-order valence-corrected chi connectivity index (χ0v) is 18.1. The number of rotatable bonds is 8. The average Bonchev–Trinajstić information content (AvgIpc) is 2.34. The summed E-state index contributed by atoms with van der Waals surface area (Å²) in [6, 6.07) is 0. The molecule has 25 heavy (non-hydrogen) atoms. The molecular weight excluding hydrogens is 364 g/mol. The summed E-state index contributed by atoms with van der Waals surface area (Å²) in [4.78, 5) is 46.7. The van der Waals surface area contributed by atoms with Gasteiger partial charge in [-0.25, -0.2) is 0 Å². The second-order valence-electron chi connectivity index (χ2n) is 6.48. The third-order valence-corrected chi connectivity index (χ3v) is 13.5. The Bertz CT molecular complexity index is 452. The van der Waals surface area contributed by atoms with Crippen molar-refractivity contribution >= 4 is 41.0 Å². The third kappa shape index (κ3) is 6.98. The Morgan fingerprint density at radius 1 is 0.600 bits per heavy atom. The summed E-state index contributed by atoms with van der Waals surface area (Å²) < 4.78 is 22.0. The van der Waals surface area contributed by atoms with Gasteiger partial charge in [-0.2, -0.15) is 0 Å². The number of hydrogen-bond donors (Lipinski definition) is 0. The van der Waals surface area contributed by atoms with E-state index in [0.29, 0.717) is 0 Å². The molecule has 0 aromatic rings. The minimum Gasteiger partial charge on any atom is -0.485 e. The number of carbonyl (C=O) groups excluding carboxylic acids is 4. The molecule has 0 aliphatic carbocycles. The van der Waals surface area contributed by atoms with Gasteiger partial charge in [-0.15, -0.1) is 0 Å². The summed E-state index contributed by atoms with van der Waals surface area (Å²) in [6.07, 6.45) is 0. The van der Waals surface area contributed by atoms with Crippen LogP contribution in [0, 0.1) is 0 Å². The van der Waals surface area contributed by atoms with Crippen molar-refractivity contribution in [2.45, 2.75) is 72.1 Å². The third-order valence-electron chi connectivity index (χ3n) is 3.52. The lowest BCUT2D eigenvalue weighted by atomic mass is 10.6. The maximum Gasteiger partial charge on any atom is 0.471 e. The van der Waals surface area contributed by atoms with Gasteiger partial charge in [0.1, 0.15) is 0 Å². The number of carbonyl (C=O) groups is 4. The molecule has 0 fully saturated rings. The largest absolute Gasteiger partial charge is 0.485 e. The van der Waals surface area contributed by atoms with Gasteiger partial charge in [0.2, 0.25) is 0 Å². The zero-order valence-electron chi connectivity index (χ0n) is 16.1. The van der Waals surface area contributed by atoms with Gasteiger partial charge >= 0.3 is 17.1 Å². The van der Waals surface area contributed by atoms with Crippen LogP contribution in [0.5, 0.6) is 0 Å². The summed E-state index contributed by atoms with van der Waals surface area (Å²) in [5, 5.41) is 0. The Kier molecular flexibility index (Phi) is 8.52. The topological polar surface area (TPSA) is 105 Å². The highest BCUT2D eigenvalue weighted by Gasteiger charge is 2.61. The molecule has 0 spiro atoms. The van der Waals surface area contributed by atoms with Crippen LogP contribution in [0.2, 0.25) is 16.7 Å². The van der Waals surface area contributed by atoms with E-state index in [1.54, 1.807) is 27.7 Å². The summed E-state index contributed by atoms with van der Waals surface area (Å²) in [5.41, 5.74) is -0.748. The van der Waals surface area contributed by atoms with Crippen LogP contribution >= 0.6 is 0 Å².